The minimum Gasteiger partial charge on any atom is -0.384 e. The van der Waals surface area contributed by atoms with Crippen molar-refractivity contribution in [3.8, 4) is 28.0 Å². The molecular weight excluding hydrogens is 224 g/mol. The topological polar surface area (TPSA) is 43.4 Å². The average Bonchev–Trinajstić information content (AvgIpc) is 2.24. The summed E-state index contributed by atoms with van der Waals surface area (Å²) in [6, 6.07) is 13.3. The molecule has 3 nitrogen and oxygen atoms in total. The van der Waals surface area contributed by atoms with Crippen molar-refractivity contribution in [2.24, 2.45) is 0 Å². The van der Waals surface area contributed by atoms with Gasteiger partial charge in [0.05, 0.1) is 0 Å². The van der Waals surface area contributed by atoms with Crippen molar-refractivity contribution < 1.29 is 12.6 Å². The predicted octanol–water partition coefficient (Wildman–Crippen LogP) is 2.24. The van der Waals surface area contributed by atoms with Crippen LogP contribution in [0.4, 0.5) is 0 Å². The molecule has 3 rings (SSSR count). The zero-order valence-corrected chi connectivity index (χ0v) is 9.11. The van der Waals surface area contributed by atoms with Gasteiger partial charge in [0, 0.05) is 5.56 Å². The van der Waals surface area contributed by atoms with Crippen LogP contribution in [-0.4, -0.2) is 8.42 Å². The van der Waals surface area contributed by atoms with Gasteiger partial charge in [-0.05, 0) is 22.8 Å². The molecule has 0 radical (unpaired) electrons. The molecule has 2 aromatic carbocycles. The highest BCUT2D eigenvalue weighted by Crippen LogP contribution is 2.51. The molecule has 4 heteroatoms. The van der Waals surface area contributed by atoms with Crippen molar-refractivity contribution in [3.63, 3.8) is 0 Å². The summed E-state index contributed by atoms with van der Waals surface area (Å²) in [5.74, 6) is 0.410. The van der Waals surface area contributed by atoms with E-state index < -0.39 is 11.0 Å². The first-order valence-corrected chi connectivity index (χ1v) is 5.92. The minimum absolute atomic E-state index is 0.410. The Morgan fingerprint density at radius 1 is 0.812 bits per heavy atom. The maximum absolute atomic E-state index is 10.6. The molecule has 0 saturated carbocycles. The van der Waals surface area contributed by atoms with Gasteiger partial charge in [0.15, 0.2) is 5.75 Å². The molecule has 0 fully saturated rings. The summed E-state index contributed by atoms with van der Waals surface area (Å²) in [7, 11) is -2.86. The molecule has 16 heavy (non-hydrogen) atoms. The number of thiol groups is 1. The van der Waals surface area contributed by atoms with Gasteiger partial charge in [-0.2, -0.15) is 8.42 Å². The van der Waals surface area contributed by atoms with Gasteiger partial charge in [-0.15, -0.1) is 0 Å². The van der Waals surface area contributed by atoms with Crippen molar-refractivity contribution in [3.05, 3.63) is 42.5 Å². The molecule has 0 N–H and O–H groups in total. The minimum atomic E-state index is -2.86. The van der Waals surface area contributed by atoms with Gasteiger partial charge in [-0.3, -0.25) is 0 Å². The molecule has 0 aromatic heterocycles. The second kappa shape index (κ2) is 3.35. The van der Waals surface area contributed by atoms with Crippen molar-refractivity contribution in [1.82, 2.24) is 0 Å². The first-order valence-electron chi connectivity index (χ1n) is 4.82. The van der Waals surface area contributed by atoms with Crippen molar-refractivity contribution in [1.29, 1.82) is 0 Å². The van der Waals surface area contributed by atoms with E-state index in [0.29, 0.717) is 5.75 Å². The van der Waals surface area contributed by atoms with E-state index in [4.69, 9.17) is 4.18 Å². The Bertz CT molecular complexity index is 636. The SMILES string of the molecule is O=[SH](=O)Oc1cccc2c1-c1ccccc1-2. The van der Waals surface area contributed by atoms with Gasteiger partial charge >= 0.3 is 0 Å². The van der Waals surface area contributed by atoms with Gasteiger partial charge in [-0.25, -0.2) is 0 Å². The van der Waals surface area contributed by atoms with E-state index in [2.05, 4.69) is 0 Å². The van der Waals surface area contributed by atoms with E-state index in [1.54, 1.807) is 12.1 Å². The summed E-state index contributed by atoms with van der Waals surface area (Å²) in [6.45, 7) is 0. The number of benzene rings is 2. The van der Waals surface area contributed by atoms with Gasteiger partial charge in [0.1, 0.15) is 0 Å². The Morgan fingerprint density at radius 2 is 1.50 bits per heavy atom. The van der Waals surface area contributed by atoms with Crippen molar-refractivity contribution in [2.75, 3.05) is 0 Å². The highest BCUT2D eigenvalue weighted by atomic mass is 32.2. The van der Waals surface area contributed by atoms with Crippen LogP contribution >= 0.6 is 0 Å². The zero-order valence-electron chi connectivity index (χ0n) is 8.21. The van der Waals surface area contributed by atoms with Gasteiger partial charge in [-0.1, -0.05) is 36.4 Å². The smallest absolute Gasteiger partial charge is 0.299 e. The fourth-order valence-electron chi connectivity index (χ4n) is 2.06. The van der Waals surface area contributed by atoms with Crippen LogP contribution in [0.1, 0.15) is 0 Å². The highest BCUT2D eigenvalue weighted by Gasteiger charge is 2.25. The summed E-state index contributed by atoms with van der Waals surface area (Å²) in [4.78, 5) is 0. The Hall–Kier alpha value is -1.81. The third-order valence-corrected chi connectivity index (χ3v) is 3.03. The first kappa shape index (κ1) is 9.42. The van der Waals surface area contributed by atoms with Crippen LogP contribution in [0.15, 0.2) is 42.5 Å². The van der Waals surface area contributed by atoms with E-state index in [1.807, 2.05) is 30.3 Å². The molecule has 0 saturated heterocycles. The lowest BCUT2D eigenvalue weighted by Gasteiger charge is -2.24. The molecule has 80 valence electrons. The molecular formula is C12H8O3S. The molecule has 2 aromatic rings. The second-order valence-corrected chi connectivity index (χ2v) is 4.17. The van der Waals surface area contributed by atoms with Gasteiger partial charge in [0.2, 0.25) is 0 Å². The number of hydrogen-bond acceptors (Lipinski definition) is 3. The standard InChI is InChI=1S/C12H8O3S/c13-16(14)15-11-7-3-6-10-8-4-1-2-5-9(8)12(10)11/h1-7,16H. The monoisotopic (exact) mass is 232 g/mol. The molecule has 0 spiro atoms. The average molecular weight is 232 g/mol. The summed E-state index contributed by atoms with van der Waals surface area (Å²) < 4.78 is 26.0. The largest absolute Gasteiger partial charge is 0.384 e. The normalized spacial score (nSPS) is 11.6. The Balaban J connectivity index is 2.18. The van der Waals surface area contributed by atoms with E-state index in [-0.39, 0.29) is 0 Å². The van der Waals surface area contributed by atoms with Crippen LogP contribution in [0.3, 0.4) is 0 Å². The van der Waals surface area contributed by atoms with E-state index >= 15 is 0 Å². The summed E-state index contributed by atoms with van der Waals surface area (Å²) in [5.41, 5.74) is 4.12. The van der Waals surface area contributed by atoms with Gasteiger partial charge in [0.25, 0.3) is 11.0 Å². The van der Waals surface area contributed by atoms with E-state index in [1.165, 1.54) is 0 Å². The Morgan fingerprint density at radius 3 is 2.25 bits per heavy atom. The number of rotatable bonds is 2. The predicted molar refractivity (Wildman–Crippen MR) is 61.8 cm³/mol. The molecule has 0 atom stereocenters. The summed E-state index contributed by atoms with van der Waals surface area (Å²) in [6.07, 6.45) is 0. The fraction of sp³-hybridized carbons (Fsp3) is 0. The fourth-order valence-corrected chi connectivity index (χ4v) is 2.38. The Kier molecular flexibility index (Phi) is 1.97. The lowest BCUT2D eigenvalue weighted by molar-refractivity contribution is 0.511. The van der Waals surface area contributed by atoms with Crippen LogP contribution in [-0.2, 0) is 11.0 Å². The molecule has 1 aliphatic carbocycles. The van der Waals surface area contributed by atoms with Crippen LogP contribution < -0.4 is 4.18 Å². The van der Waals surface area contributed by atoms with Crippen molar-refractivity contribution >= 4 is 11.0 Å². The third kappa shape index (κ3) is 1.23. The molecule has 0 bridgehead atoms. The van der Waals surface area contributed by atoms with Crippen LogP contribution in [0.2, 0.25) is 0 Å². The zero-order chi connectivity index (χ0) is 11.1. The maximum Gasteiger partial charge on any atom is 0.299 e. The first-order chi connectivity index (χ1) is 7.77. The maximum atomic E-state index is 10.6. The van der Waals surface area contributed by atoms with E-state index in [0.717, 1.165) is 22.3 Å². The number of fused-ring (bicyclic) bond motifs is 4. The molecule has 0 heterocycles. The van der Waals surface area contributed by atoms with Crippen LogP contribution in [0.25, 0.3) is 22.3 Å². The number of hydrogen-bond donors (Lipinski definition) is 1. The molecule has 0 aliphatic heterocycles. The van der Waals surface area contributed by atoms with Gasteiger partial charge < -0.3 is 4.18 Å². The van der Waals surface area contributed by atoms with Crippen LogP contribution in [0.5, 0.6) is 5.75 Å². The summed E-state index contributed by atoms with van der Waals surface area (Å²) in [5, 5.41) is 0. The quantitative estimate of drug-likeness (QED) is 0.689. The van der Waals surface area contributed by atoms with Crippen molar-refractivity contribution in [2.45, 2.75) is 0 Å². The second-order valence-electron chi connectivity index (χ2n) is 3.54. The summed E-state index contributed by atoms with van der Waals surface area (Å²) >= 11 is 0. The molecule has 1 aliphatic rings. The van der Waals surface area contributed by atoms with E-state index in [9.17, 15) is 8.42 Å². The lowest BCUT2D eigenvalue weighted by atomic mass is 9.80. The Labute approximate surface area is 94.5 Å². The molecule has 0 unspecified atom stereocenters. The van der Waals surface area contributed by atoms with Crippen LogP contribution in [0, 0.1) is 0 Å². The molecule has 0 amide bonds. The third-order valence-electron chi connectivity index (χ3n) is 2.69. The highest BCUT2D eigenvalue weighted by molar-refractivity contribution is 7.67. The lowest BCUT2D eigenvalue weighted by Crippen LogP contribution is -2.02.